The second-order valence-electron chi connectivity index (χ2n) is 7.41. The van der Waals surface area contributed by atoms with Gasteiger partial charge in [0.15, 0.2) is 0 Å². The molecule has 1 fully saturated rings. The van der Waals surface area contributed by atoms with Crippen molar-refractivity contribution in [3.63, 3.8) is 0 Å². The molecule has 1 aliphatic heterocycles. The van der Waals surface area contributed by atoms with E-state index >= 15 is 0 Å². The first-order valence-corrected chi connectivity index (χ1v) is 8.56. The number of likely N-dealkylation sites (N-methyl/N-ethyl adjacent to an activating group) is 1. The van der Waals surface area contributed by atoms with Crippen LogP contribution in [0.5, 0.6) is 5.75 Å². The number of rotatable bonds is 5. The minimum Gasteiger partial charge on any atom is -0.494 e. The number of hydrogen-bond donors (Lipinski definition) is 0. The van der Waals surface area contributed by atoms with Gasteiger partial charge in [-0.25, -0.2) is 0 Å². The fourth-order valence-electron chi connectivity index (χ4n) is 2.68. The lowest BCUT2D eigenvalue weighted by molar-refractivity contribution is -0.133. The summed E-state index contributed by atoms with van der Waals surface area (Å²) in [6.07, 6.45) is 1.34. The molecule has 0 aromatic heterocycles. The number of hydrogen-bond acceptors (Lipinski definition) is 3. The van der Waals surface area contributed by atoms with Crippen LogP contribution in [0.3, 0.4) is 0 Å². The van der Waals surface area contributed by atoms with Crippen LogP contribution in [0, 0.1) is 0 Å². The zero-order valence-electron chi connectivity index (χ0n) is 15.0. The van der Waals surface area contributed by atoms with Crippen LogP contribution in [0.1, 0.15) is 39.2 Å². The van der Waals surface area contributed by atoms with Crippen molar-refractivity contribution < 1.29 is 9.53 Å². The number of piperazine rings is 1. The van der Waals surface area contributed by atoms with E-state index in [4.69, 9.17) is 4.74 Å². The molecule has 23 heavy (non-hydrogen) atoms. The summed E-state index contributed by atoms with van der Waals surface area (Å²) in [6, 6.07) is 8.27. The molecule has 1 heterocycles. The molecule has 0 unspecified atom stereocenters. The van der Waals surface area contributed by atoms with Crippen LogP contribution in [0.25, 0.3) is 0 Å². The van der Waals surface area contributed by atoms with Crippen LogP contribution in [0.2, 0.25) is 0 Å². The maximum Gasteiger partial charge on any atom is 0.222 e. The third kappa shape index (κ3) is 5.54. The number of nitrogens with zero attached hydrogens (tertiary/aromatic N) is 2. The van der Waals surface area contributed by atoms with Gasteiger partial charge in [-0.15, -0.1) is 0 Å². The fourth-order valence-corrected chi connectivity index (χ4v) is 2.68. The molecule has 1 saturated heterocycles. The summed E-state index contributed by atoms with van der Waals surface area (Å²) in [6.45, 7) is 10.8. The predicted octanol–water partition coefficient (Wildman–Crippen LogP) is 2.92. The summed E-state index contributed by atoms with van der Waals surface area (Å²) < 4.78 is 5.75. The zero-order chi connectivity index (χ0) is 16.9. The van der Waals surface area contributed by atoms with Crippen LogP contribution in [0.4, 0.5) is 0 Å². The van der Waals surface area contributed by atoms with Crippen LogP contribution in [0.15, 0.2) is 24.3 Å². The van der Waals surface area contributed by atoms with E-state index in [-0.39, 0.29) is 11.3 Å². The Balaban J connectivity index is 1.68. The van der Waals surface area contributed by atoms with Crippen molar-refractivity contribution in [1.82, 2.24) is 9.80 Å². The lowest BCUT2D eigenvalue weighted by Crippen LogP contribution is -2.47. The van der Waals surface area contributed by atoms with E-state index in [0.717, 1.165) is 38.3 Å². The largest absolute Gasteiger partial charge is 0.494 e. The molecule has 0 aliphatic carbocycles. The first kappa shape index (κ1) is 17.8. The Kier molecular flexibility index (Phi) is 6.05. The molecule has 0 atom stereocenters. The van der Waals surface area contributed by atoms with Gasteiger partial charge < -0.3 is 14.5 Å². The van der Waals surface area contributed by atoms with Crippen molar-refractivity contribution in [3.05, 3.63) is 29.8 Å². The molecular weight excluding hydrogens is 288 g/mol. The Bertz CT molecular complexity index is 497. The van der Waals surface area contributed by atoms with Gasteiger partial charge in [0.2, 0.25) is 5.91 Å². The van der Waals surface area contributed by atoms with Crippen LogP contribution >= 0.6 is 0 Å². The number of carbonyl (C=O) groups is 1. The Hall–Kier alpha value is -1.55. The number of ether oxygens (including phenoxy) is 1. The Morgan fingerprint density at radius 3 is 2.26 bits per heavy atom. The van der Waals surface area contributed by atoms with Gasteiger partial charge in [0.05, 0.1) is 6.61 Å². The second kappa shape index (κ2) is 7.82. The molecule has 1 aromatic carbocycles. The molecule has 0 bridgehead atoms. The van der Waals surface area contributed by atoms with Crippen molar-refractivity contribution in [1.29, 1.82) is 0 Å². The predicted molar refractivity (Wildman–Crippen MR) is 93.9 cm³/mol. The van der Waals surface area contributed by atoms with Crippen molar-refractivity contribution in [2.75, 3.05) is 39.8 Å². The Morgan fingerprint density at radius 2 is 1.70 bits per heavy atom. The topological polar surface area (TPSA) is 32.8 Å². The van der Waals surface area contributed by atoms with Crippen molar-refractivity contribution in [2.45, 2.75) is 39.0 Å². The van der Waals surface area contributed by atoms with E-state index in [0.29, 0.717) is 13.0 Å². The maximum absolute atomic E-state index is 12.1. The summed E-state index contributed by atoms with van der Waals surface area (Å²) in [5.41, 5.74) is 1.46. The molecule has 0 saturated carbocycles. The summed E-state index contributed by atoms with van der Waals surface area (Å²) >= 11 is 0. The highest BCUT2D eigenvalue weighted by Crippen LogP contribution is 2.24. The lowest BCUT2D eigenvalue weighted by Gasteiger charge is -2.32. The number of amides is 1. The maximum atomic E-state index is 12.1. The molecule has 1 aromatic rings. The molecular formula is C19H30N2O2. The quantitative estimate of drug-likeness (QED) is 0.783. The van der Waals surface area contributed by atoms with Gasteiger partial charge in [-0.05, 0) is 36.6 Å². The molecule has 4 nitrogen and oxygen atoms in total. The molecule has 1 amide bonds. The van der Waals surface area contributed by atoms with Crippen molar-refractivity contribution in [3.8, 4) is 5.75 Å². The third-order valence-electron chi connectivity index (χ3n) is 4.38. The van der Waals surface area contributed by atoms with Gasteiger partial charge in [0.25, 0.3) is 0 Å². The number of carbonyl (C=O) groups excluding carboxylic acids is 1. The van der Waals surface area contributed by atoms with E-state index in [9.17, 15) is 4.79 Å². The zero-order valence-corrected chi connectivity index (χ0v) is 15.0. The third-order valence-corrected chi connectivity index (χ3v) is 4.38. The van der Waals surface area contributed by atoms with Gasteiger partial charge in [-0.1, -0.05) is 32.9 Å². The number of benzene rings is 1. The fraction of sp³-hybridized carbons (Fsp3) is 0.632. The molecule has 4 heteroatoms. The lowest BCUT2D eigenvalue weighted by atomic mass is 9.87. The second-order valence-corrected chi connectivity index (χ2v) is 7.41. The molecule has 0 radical (unpaired) electrons. The smallest absolute Gasteiger partial charge is 0.222 e. The Morgan fingerprint density at radius 1 is 1.09 bits per heavy atom. The molecule has 0 spiro atoms. The highest BCUT2D eigenvalue weighted by Gasteiger charge is 2.18. The van der Waals surface area contributed by atoms with E-state index in [1.807, 2.05) is 17.0 Å². The minimum absolute atomic E-state index is 0.160. The summed E-state index contributed by atoms with van der Waals surface area (Å²) in [5, 5.41) is 0. The summed E-state index contributed by atoms with van der Waals surface area (Å²) in [7, 11) is 2.10. The van der Waals surface area contributed by atoms with Gasteiger partial charge in [-0.2, -0.15) is 0 Å². The van der Waals surface area contributed by atoms with Gasteiger partial charge in [0, 0.05) is 32.6 Å². The van der Waals surface area contributed by atoms with E-state index < -0.39 is 0 Å². The summed E-state index contributed by atoms with van der Waals surface area (Å²) in [5.74, 6) is 1.13. The standard InChI is InChI=1S/C19H30N2O2/c1-19(2,3)16-7-9-17(10-8-16)23-15-5-6-18(22)21-13-11-20(4)12-14-21/h7-10H,5-6,11-15H2,1-4H3. The average Bonchev–Trinajstić information content (AvgIpc) is 2.51. The SMILES string of the molecule is CN1CCN(C(=O)CCCOc2ccc(C(C)(C)C)cc2)CC1. The Labute approximate surface area is 140 Å². The highest BCUT2D eigenvalue weighted by atomic mass is 16.5. The monoisotopic (exact) mass is 318 g/mol. The molecule has 0 N–H and O–H groups in total. The van der Waals surface area contributed by atoms with E-state index in [1.54, 1.807) is 0 Å². The molecule has 128 valence electrons. The minimum atomic E-state index is 0.160. The van der Waals surface area contributed by atoms with E-state index in [2.05, 4.69) is 44.9 Å². The van der Waals surface area contributed by atoms with Gasteiger partial charge in [-0.3, -0.25) is 4.79 Å². The van der Waals surface area contributed by atoms with Crippen LogP contribution in [-0.2, 0) is 10.2 Å². The first-order valence-electron chi connectivity index (χ1n) is 8.56. The first-order chi connectivity index (χ1) is 10.9. The van der Waals surface area contributed by atoms with Crippen molar-refractivity contribution >= 4 is 5.91 Å². The highest BCUT2D eigenvalue weighted by molar-refractivity contribution is 5.76. The van der Waals surface area contributed by atoms with Gasteiger partial charge >= 0.3 is 0 Å². The van der Waals surface area contributed by atoms with Crippen LogP contribution < -0.4 is 4.74 Å². The van der Waals surface area contributed by atoms with Crippen molar-refractivity contribution in [2.24, 2.45) is 0 Å². The van der Waals surface area contributed by atoms with Gasteiger partial charge in [0.1, 0.15) is 5.75 Å². The summed E-state index contributed by atoms with van der Waals surface area (Å²) in [4.78, 5) is 16.4. The normalized spacial score (nSPS) is 16.4. The average molecular weight is 318 g/mol. The molecule has 2 rings (SSSR count). The molecule has 1 aliphatic rings. The van der Waals surface area contributed by atoms with E-state index in [1.165, 1.54) is 5.56 Å². The van der Waals surface area contributed by atoms with Crippen LogP contribution in [-0.4, -0.2) is 55.5 Å².